The first-order valence-electron chi connectivity index (χ1n) is 4.98. The van der Waals surface area contributed by atoms with Gasteiger partial charge in [-0.25, -0.2) is 0 Å². The maximum absolute atomic E-state index is 10.2. The smallest absolute Gasteiger partial charge is 0.550 e. The van der Waals surface area contributed by atoms with E-state index < -0.39 is 36.4 Å². The molecule has 0 saturated carbocycles. The molecule has 0 spiro atoms. The number of pyridine rings is 1. The minimum absolute atomic E-state index is 0. The van der Waals surface area contributed by atoms with Crippen LogP contribution in [0.4, 0.5) is 0 Å². The molecule has 0 bridgehead atoms. The molecule has 1 unspecified atom stereocenters. The number of carboxylic acid groups (broad SMARTS) is 3. The van der Waals surface area contributed by atoms with Crippen molar-refractivity contribution >= 4 is 17.9 Å². The molecule has 0 aromatic carbocycles. The number of carbonyl (C=O) groups is 3. The van der Waals surface area contributed by atoms with Crippen molar-refractivity contribution in [3.8, 4) is 0 Å². The molecule has 1 atom stereocenters. The van der Waals surface area contributed by atoms with Crippen LogP contribution in [0.3, 0.4) is 0 Å². The second-order valence-electron chi connectivity index (χ2n) is 3.46. The second kappa shape index (κ2) is 17.8. The Balaban J connectivity index is -0.0000000932. The molecule has 0 saturated heterocycles. The van der Waals surface area contributed by atoms with Gasteiger partial charge in [0.15, 0.2) is 0 Å². The molecule has 12 heteroatoms. The predicted octanol–water partition coefficient (Wildman–Crippen LogP) is -10.5. The standard InChI is InChI=1S/C6H8O7.C5H5N.2Na.2H2O/c7-3(8)1-6(13,5(11)12)2-4(9)10;1-2-4-6-5-3-1;;;;/h13H,1-2H2,(H,7,8)(H,9,10)(H,11,12);1-5H;;;2*1H2/q;;2*+1;;/p-2. The van der Waals surface area contributed by atoms with E-state index in [9.17, 15) is 24.6 Å². The fourth-order valence-electron chi connectivity index (χ4n) is 1.01. The van der Waals surface area contributed by atoms with Gasteiger partial charge in [-0.15, -0.1) is 0 Å². The molecule has 0 radical (unpaired) electrons. The molecule has 23 heavy (non-hydrogen) atoms. The van der Waals surface area contributed by atoms with Crippen LogP contribution in [0.5, 0.6) is 0 Å². The molecular formula is C11H15NNa2O9. The van der Waals surface area contributed by atoms with Crippen LogP contribution in [0.15, 0.2) is 30.6 Å². The molecule has 0 fully saturated rings. The first-order chi connectivity index (χ1) is 8.78. The Bertz CT molecular complexity index is 402. The van der Waals surface area contributed by atoms with Gasteiger partial charge < -0.3 is 41.0 Å². The van der Waals surface area contributed by atoms with Gasteiger partial charge in [0, 0.05) is 24.8 Å². The zero-order valence-corrected chi connectivity index (χ0v) is 16.7. The van der Waals surface area contributed by atoms with E-state index in [1.807, 2.05) is 18.2 Å². The van der Waals surface area contributed by atoms with Gasteiger partial charge >= 0.3 is 65.1 Å². The monoisotopic (exact) mass is 351 g/mol. The molecular weight excluding hydrogens is 336 g/mol. The zero-order valence-electron chi connectivity index (χ0n) is 12.7. The van der Waals surface area contributed by atoms with E-state index in [2.05, 4.69) is 4.98 Å². The quantitative estimate of drug-likeness (QED) is 0.484. The van der Waals surface area contributed by atoms with E-state index in [0.717, 1.165) is 0 Å². The number of aliphatic hydroxyl groups is 1. The molecule has 0 aliphatic heterocycles. The van der Waals surface area contributed by atoms with Crippen molar-refractivity contribution in [2.24, 2.45) is 0 Å². The number of rotatable bonds is 5. The fourth-order valence-corrected chi connectivity index (χ4v) is 1.01. The largest absolute Gasteiger partial charge is 1.00 e. The molecule has 1 rings (SSSR count). The number of nitrogens with zero attached hydrogens (tertiary/aromatic N) is 1. The summed E-state index contributed by atoms with van der Waals surface area (Å²) in [6.45, 7) is 0. The second-order valence-corrected chi connectivity index (χ2v) is 3.46. The van der Waals surface area contributed by atoms with Crippen molar-refractivity contribution in [1.82, 2.24) is 4.98 Å². The zero-order chi connectivity index (χ0) is 14.9. The summed E-state index contributed by atoms with van der Waals surface area (Å²) in [6, 6.07) is 5.72. The summed E-state index contributed by atoms with van der Waals surface area (Å²) < 4.78 is 0. The summed E-state index contributed by atoms with van der Waals surface area (Å²) in [7, 11) is 0. The van der Waals surface area contributed by atoms with Crippen LogP contribution in [0, 0.1) is 0 Å². The van der Waals surface area contributed by atoms with Gasteiger partial charge in [0.2, 0.25) is 0 Å². The van der Waals surface area contributed by atoms with Gasteiger partial charge in [0.1, 0.15) is 5.60 Å². The first kappa shape index (κ1) is 33.9. The third-order valence-electron chi connectivity index (χ3n) is 1.83. The van der Waals surface area contributed by atoms with Crippen molar-refractivity contribution in [2.75, 3.05) is 0 Å². The van der Waals surface area contributed by atoms with Crippen molar-refractivity contribution in [1.29, 1.82) is 0 Å². The van der Waals surface area contributed by atoms with Gasteiger partial charge in [0.05, 0.1) is 12.4 Å². The van der Waals surface area contributed by atoms with Crippen molar-refractivity contribution in [2.45, 2.75) is 18.4 Å². The van der Waals surface area contributed by atoms with Crippen LogP contribution in [0.1, 0.15) is 12.8 Å². The van der Waals surface area contributed by atoms with Crippen molar-refractivity contribution in [3.63, 3.8) is 0 Å². The third kappa shape index (κ3) is 17.6. The summed E-state index contributed by atoms with van der Waals surface area (Å²) in [5.41, 5.74) is -2.91. The number of hydrogen-bond donors (Lipinski definition) is 2. The normalized spacial score (nSPS) is 10.3. The summed E-state index contributed by atoms with van der Waals surface area (Å²) in [4.78, 5) is 33.9. The molecule has 120 valence electrons. The molecule has 0 aliphatic carbocycles. The van der Waals surface area contributed by atoms with Crippen molar-refractivity contribution in [3.05, 3.63) is 30.6 Å². The Kier molecular flexibility index (Phi) is 26.2. The summed E-state index contributed by atoms with van der Waals surface area (Å²) in [5, 5.41) is 37.2. The van der Waals surface area contributed by atoms with Crippen LogP contribution in [0.25, 0.3) is 0 Å². The topological polar surface area (TPSA) is 214 Å². The summed E-state index contributed by atoms with van der Waals surface area (Å²) in [5.74, 6) is -5.67. The summed E-state index contributed by atoms with van der Waals surface area (Å²) in [6.07, 6.45) is 0.935. The molecule has 0 aliphatic rings. The van der Waals surface area contributed by atoms with Crippen LogP contribution in [-0.2, 0) is 14.4 Å². The molecule has 0 amide bonds. The fraction of sp³-hybridized carbons (Fsp3) is 0.273. The average Bonchev–Trinajstić information content (AvgIpc) is 2.29. The van der Waals surface area contributed by atoms with E-state index in [0.29, 0.717) is 0 Å². The van der Waals surface area contributed by atoms with Gasteiger partial charge in [0.25, 0.3) is 0 Å². The van der Waals surface area contributed by atoms with E-state index in [4.69, 9.17) is 10.2 Å². The van der Waals surface area contributed by atoms with Crippen LogP contribution in [0.2, 0.25) is 0 Å². The molecule has 10 nitrogen and oxygen atoms in total. The molecule has 1 aromatic rings. The molecule has 1 heterocycles. The number of hydrogen-bond acceptors (Lipinski definition) is 7. The van der Waals surface area contributed by atoms with Gasteiger partial charge in [-0.05, 0) is 12.1 Å². The van der Waals surface area contributed by atoms with E-state index >= 15 is 0 Å². The minimum Gasteiger partial charge on any atom is -0.550 e. The van der Waals surface area contributed by atoms with E-state index in [1.54, 1.807) is 12.4 Å². The Morgan fingerprint density at radius 1 is 0.957 bits per heavy atom. The number of aromatic nitrogens is 1. The molecule has 6 N–H and O–H groups in total. The Labute approximate surface area is 175 Å². The van der Waals surface area contributed by atoms with Crippen LogP contribution < -0.4 is 69.3 Å². The predicted molar refractivity (Wildman–Crippen MR) is 63.3 cm³/mol. The van der Waals surface area contributed by atoms with Crippen molar-refractivity contribution < 1.29 is 105 Å². The van der Waals surface area contributed by atoms with Crippen LogP contribution in [-0.4, -0.2) is 49.7 Å². The number of aliphatic carboxylic acids is 3. The van der Waals surface area contributed by atoms with Gasteiger partial charge in [-0.1, -0.05) is 6.07 Å². The SMILES string of the molecule is O.O.O=C([O-])CC(O)(CC(=O)O)C(=O)[O-].[Na+].[Na+].c1ccncc1. The number of carbonyl (C=O) groups excluding carboxylic acids is 2. The first-order valence-corrected chi connectivity index (χ1v) is 4.98. The maximum atomic E-state index is 10.2. The Morgan fingerprint density at radius 2 is 1.39 bits per heavy atom. The Hall–Kier alpha value is -0.560. The van der Waals surface area contributed by atoms with Crippen LogP contribution >= 0.6 is 0 Å². The molecule has 1 aromatic heterocycles. The average molecular weight is 351 g/mol. The number of carboxylic acids is 3. The van der Waals surface area contributed by atoms with Gasteiger partial charge in [-0.3, -0.25) is 9.78 Å². The van der Waals surface area contributed by atoms with E-state index in [1.165, 1.54) is 0 Å². The van der Waals surface area contributed by atoms with Gasteiger partial charge in [-0.2, -0.15) is 0 Å². The Morgan fingerprint density at radius 3 is 1.57 bits per heavy atom. The van der Waals surface area contributed by atoms with E-state index in [-0.39, 0.29) is 70.1 Å². The maximum Gasteiger partial charge on any atom is 1.00 e. The summed E-state index contributed by atoms with van der Waals surface area (Å²) >= 11 is 0. The third-order valence-corrected chi connectivity index (χ3v) is 1.83. The minimum atomic E-state index is -2.91.